The third-order valence-corrected chi connectivity index (χ3v) is 8.29. The monoisotopic (exact) mass is 485 g/mol. The van der Waals surface area contributed by atoms with Gasteiger partial charge in [0, 0.05) is 25.2 Å². The molecule has 2 aromatic heterocycles. The van der Waals surface area contributed by atoms with Gasteiger partial charge in [-0.05, 0) is 25.1 Å². The quantitative estimate of drug-likeness (QED) is 0.367. The van der Waals surface area contributed by atoms with Gasteiger partial charge in [-0.25, -0.2) is 13.4 Å². The number of hydrogen-bond donors (Lipinski definition) is 0. The second-order valence-corrected chi connectivity index (χ2v) is 10.4. The number of rotatable bonds is 7. The molecule has 0 N–H and O–H groups in total. The number of imidazole rings is 1. The second kappa shape index (κ2) is 9.26. The summed E-state index contributed by atoms with van der Waals surface area (Å²) in [5.74, 6) is 1.51. The zero-order valence-corrected chi connectivity index (χ0v) is 19.7. The molecule has 1 aliphatic rings. The lowest BCUT2D eigenvalue weighted by Gasteiger charge is -2.26. The van der Waals surface area contributed by atoms with E-state index in [1.165, 1.54) is 16.1 Å². The van der Waals surface area contributed by atoms with Gasteiger partial charge in [0.15, 0.2) is 5.16 Å². The first-order valence-electron chi connectivity index (χ1n) is 10.7. The second-order valence-electron chi connectivity index (χ2n) is 7.47. The molecule has 11 heteroatoms. The van der Waals surface area contributed by atoms with Crippen molar-refractivity contribution in [3.05, 3.63) is 54.4 Å². The van der Waals surface area contributed by atoms with Crippen molar-refractivity contribution in [2.24, 2.45) is 0 Å². The Morgan fingerprint density at radius 3 is 2.61 bits per heavy atom. The van der Waals surface area contributed by atoms with Crippen molar-refractivity contribution in [1.82, 2.24) is 24.0 Å². The van der Waals surface area contributed by atoms with Crippen molar-refractivity contribution >= 4 is 32.8 Å². The van der Waals surface area contributed by atoms with Crippen molar-refractivity contribution in [2.45, 2.75) is 29.3 Å². The molecular weight excluding hydrogens is 462 g/mol. The van der Waals surface area contributed by atoms with Gasteiger partial charge in [0.2, 0.25) is 21.7 Å². The van der Waals surface area contributed by atoms with Crippen LogP contribution in [0.5, 0.6) is 0 Å². The Balaban J connectivity index is 1.38. The van der Waals surface area contributed by atoms with Crippen LogP contribution in [0.25, 0.3) is 22.4 Å². The Labute approximate surface area is 195 Å². The number of nitrogens with zero attached hydrogens (tertiary/aromatic N) is 5. The maximum absolute atomic E-state index is 13.0. The van der Waals surface area contributed by atoms with E-state index in [1.807, 2.05) is 43.3 Å². The van der Waals surface area contributed by atoms with Crippen LogP contribution in [-0.4, -0.2) is 58.7 Å². The van der Waals surface area contributed by atoms with Gasteiger partial charge in [0.05, 0.1) is 34.9 Å². The van der Waals surface area contributed by atoms with Gasteiger partial charge in [-0.2, -0.15) is 9.29 Å². The van der Waals surface area contributed by atoms with E-state index in [0.717, 1.165) is 16.2 Å². The van der Waals surface area contributed by atoms with Gasteiger partial charge >= 0.3 is 0 Å². The fourth-order valence-corrected chi connectivity index (χ4v) is 6.09. The van der Waals surface area contributed by atoms with E-state index in [9.17, 15) is 8.42 Å². The zero-order valence-electron chi connectivity index (χ0n) is 18.0. The minimum absolute atomic E-state index is 0.249. The minimum Gasteiger partial charge on any atom is -0.379 e. The molecule has 1 aliphatic heterocycles. The lowest BCUT2D eigenvalue weighted by Crippen LogP contribution is -2.40. The van der Waals surface area contributed by atoms with Gasteiger partial charge in [-0.1, -0.05) is 47.3 Å². The summed E-state index contributed by atoms with van der Waals surface area (Å²) in [5, 5.41) is 4.83. The normalized spacial score (nSPS) is 15.3. The molecule has 3 heterocycles. The predicted molar refractivity (Wildman–Crippen MR) is 124 cm³/mol. The van der Waals surface area contributed by atoms with Crippen LogP contribution in [0.1, 0.15) is 12.8 Å². The molecule has 4 aromatic rings. The lowest BCUT2D eigenvalue weighted by atomic mass is 10.2. The summed E-state index contributed by atoms with van der Waals surface area (Å²) in [6.07, 6.45) is 0. The highest BCUT2D eigenvalue weighted by molar-refractivity contribution is 7.98. The molecule has 0 unspecified atom stereocenters. The van der Waals surface area contributed by atoms with E-state index >= 15 is 0 Å². The average molecular weight is 486 g/mol. The summed E-state index contributed by atoms with van der Waals surface area (Å²) in [6, 6.07) is 14.8. The molecular formula is C22H23N5O4S2. The molecule has 5 rings (SSSR count). The standard InChI is InChI=1S/C22H23N5O4S2/c1-2-27-19-9-8-17(33(28,29)26-10-12-30-13-11-26)14-18(19)23-22(27)32-15-20-24-21(25-31-20)16-6-4-3-5-7-16/h3-9,14H,2,10-13,15H2,1H3. The van der Waals surface area contributed by atoms with Crippen LogP contribution in [0.2, 0.25) is 0 Å². The Morgan fingerprint density at radius 1 is 1.06 bits per heavy atom. The van der Waals surface area contributed by atoms with Crippen LogP contribution in [0, 0.1) is 0 Å². The molecule has 0 spiro atoms. The molecule has 33 heavy (non-hydrogen) atoms. The van der Waals surface area contributed by atoms with Gasteiger partial charge in [-0.15, -0.1) is 0 Å². The molecule has 0 bridgehead atoms. The van der Waals surface area contributed by atoms with E-state index in [-0.39, 0.29) is 4.90 Å². The first-order chi connectivity index (χ1) is 16.1. The molecule has 9 nitrogen and oxygen atoms in total. The summed E-state index contributed by atoms with van der Waals surface area (Å²) >= 11 is 1.48. The van der Waals surface area contributed by atoms with E-state index in [0.29, 0.717) is 55.8 Å². The number of aromatic nitrogens is 4. The number of sulfonamides is 1. The molecule has 0 amide bonds. The largest absolute Gasteiger partial charge is 0.379 e. The Kier molecular flexibility index (Phi) is 6.19. The fourth-order valence-electron chi connectivity index (χ4n) is 3.74. The van der Waals surface area contributed by atoms with Crippen LogP contribution in [0.3, 0.4) is 0 Å². The van der Waals surface area contributed by atoms with Gasteiger partial charge in [0.1, 0.15) is 0 Å². The van der Waals surface area contributed by atoms with Crippen LogP contribution in [-0.2, 0) is 27.1 Å². The predicted octanol–water partition coefficient (Wildman–Crippen LogP) is 3.42. The first kappa shape index (κ1) is 22.1. The van der Waals surface area contributed by atoms with Gasteiger partial charge < -0.3 is 13.8 Å². The smallest absolute Gasteiger partial charge is 0.243 e. The molecule has 172 valence electrons. The minimum atomic E-state index is -3.58. The maximum Gasteiger partial charge on any atom is 0.243 e. The highest BCUT2D eigenvalue weighted by Gasteiger charge is 2.27. The highest BCUT2D eigenvalue weighted by atomic mass is 32.2. The van der Waals surface area contributed by atoms with E-state index in [4.69, 9.17) is 14.2 Å². The third-order valence-electron chi connectivity index (χ3n) is 5.43. The molecule has 1 saturated heterocycles. The summed E-state index contributed by atoms with van der Waals surface area (Å²) in [5.41, 5.74) is 2.42. The number of hydrogen-bond acceptors (Lipinski definition) is 8. The molecule has 0 radical (unpaired) electrons. The zero-order chi connectivity index (χ0) is 22.8. The van der Waals surface area contributed by atoms with Gasteiger partial charge in [0.25, 0.3) is 0 Å². The Bertz CT molecular complexity index is 1360. The van der Waals surface area contributed by atoms with Crippen LogP contribution in [0.15, 0.2) is 63.1 Å². The van der Waals surface area contributed by atoms with Crippen LogP contribution in [0.4, 0.5) is 0 Å². The van der Waals surface area contributed by atoms with Crippen molar-refractivity contribution in [1.29, 1.82) is 0 Å². The number of benzene rings is 2. The molecule has 0 saturated carbocycles. The van der Waals surface area contributed by atoms with E-state index in [2.05, 4.69) is 14.7 Å². The Morgan fingerprint density at radius 2 is 1.85 bits per heavy atom. The summed E-state index contributed by atoms with van der Waals surface area (Å²) < 4.78 is 40.3. The summed E-state index contributed by atoms with van der Waals surface area (Å²) in [6.45, 7) is 4.28. The van der Waals surface area contributed by atoms with Crippen molar-refractivity contribution in [3.8, 4) is 11.4 Å². The van der Waals surface area contributed by atoms with Crippen molar-refractivity contribution in [3.63, 3.8) is 0 Å². The molecule has 1 fully saturated rings. The van der Waals surface area contributed by atoms with Crippen LogP contribution < -0.4 is 0 Å². The number of aryl methyl sites for hydroxylation is 1. The molecule has 0 aliphatic carbocycles. The van der Waals surface area contributed by atoms with Gasteiger partial charge in [-0.3, -0.25) is 0 Å². The number of fused-ring (bicyclic) bond motifs is 1. The molecule has 0 atom stereocenters. The summed E-state index contributed by atoms with van der Waals surface area (Å²) in [4.78, 5) is 9.43. The third kappa shape index (κ3) is 4.41. The topological polar surface area (TPSA) is 103 Å². The molecule has 2 aromatic carbocycles. The van der Waals surface area contributed by atoms with E-state index in [1.54, 1.807) is 12.1 Å². The maximum atomic E-state index is 13.0. The highest BCUT2D eigenvalue weighted by Crippen LogP contribution is 2.29. The summed E-state index contributed by atoms with van der Waals surface area (Å²) in [7, 11) is -3.58. The van der Waals surface area contributed by atoms with E-state index < -0.39 is 10.0 Å². The van der Waals surface area contributed by atoms with Crippen molar-refractivity contribution < 1.29 is 17.7 Å². The number of ether oxygens (including phenoxy) is 1. The Hall–Kier alpha value is -2.73. The average Bonchev–Trinajstić information content (AvgIpc) is 3.47. The lowest BCUT2D eigenvalue weighted by molar-refractivity contribution is 0.0730. The SMILES string of the molecule is CCn1c(SCc2nc(-c3ccccc3)no2)nc2cc(S(=O)(=O)N3CCOCC3)ccc21. The number of morpholine rings is 1. The number of thioether (sulfide) groups is 1. The first-order valence-corrected chi connectivity index (χ1v) is 13.1. The fraction of sp³-hybridized carbons (Fsp3) is 0.318. The van der Waals surface area contributed by atoms with Crippen molar-refractivity contribution in [2.75, 3.05) is 26.3 Å². The van der Waals surface area contributed by atoms with Crippen LogP contribution >= 0.6 is 11.8 Å².